The van der Waals surface area contributed by atoms with Crippen LogP contribution in [0, 0.1) is 0 Å². The van der Waals surface area contributed by atoms with Gasteiger partial charge in [-0.25, -0.2) is 0 Å². The van der Waals surface area contributed by atoms with Crippen molar-refractivity contribution >= 4 is 16.5 Å². The highest BCUT2D eigenvalue weighted by Gasteiger charge is 2.09. The van der Waals surface area contributed by atoms with Gasteiger partial charge in [0.1, 0.15) is 5.75 Å². The van der Waals surface area contributed by atoms with Crippen molar-refractivity contribution in [2.75, 3.05) is 18.6 Å². The summed E-state index contributed by atoms with van der Waals surface area (Å²) in [5.74, 6) is 1.08. The second-order valence-corrected chi connectivity index (χ2v) is 6.09. The van der Waals surface area contributed by atoms with Crippen LogP contribution in [-0.2, 0) is 17.3 Å². The van der Waals surface area contributed by atoms with Crippen molar-refractivity contribution in [3.63, 3.8) is 0 Å². The number of nitrogen functional groups attached to an aromatic ring is 1. The lowest BCUT2D eigenvalue weighted by Gasteiger charge is -2.09. The van der Waals surface area contributed by atoms with Gasteiger partial charge >= 0.3 is 0 Å². The van der Waals surface area contributed by atoms with E-state index in [9.17, 15) is 9.00 Å². The van der Waals surface area contributed by atoms with E-state index in [2.05, 4.69) is 0 Å². The Balaban J connectivity index is 1.98. The summed E-state index contributed by atoms with van der Waals surface area (Å²) in [7, 11) is 0.406. The number of rotatable bonds is 6. The molecule has 21 heavy (non-hydrogen) atoms. The minimum Gasteiger partial charge on any atom is -0.495 e. The molecule has 0 aliphatic heterocycles. The summed E-state index contributed by atoms with van der Waals surface area (Å²) in [6.45, 7) is 0.491. The third-order valence-corrected chi connectivity index (χ3v) is 4.54. The van der Waals surface area contributed by atoms with E-state index >= 15 is 0 Å². The summed E-state index contributed by atoms with van der Waals surface area (Å²) >= 11 is 0. The molecule has 0 saturated carbocycles. The predicted molar refractivity (Wildman–Crippen MR) is 84.0 cm³/mol. The lowest BCUT2D eigenvalue weighted by atomic mass is 10.3. The zero-order chi connectivity index (χ0) is 15.2. The van der Waals surface area contributed by atoms with Crippen molar-refractivity contribution in [1.82, 2.24) is 4.57 Å². The van der Waals surface area contributed by atoms with Gasteiger partial charge in [0.05, 0.1) is 22.8 Å². The maximum atomic E-state index is 12.3. The third kappa shape index (κ3) is 3.95. The van der Waals surface area contributed by atoms with Crippen LogP contribution < -0.4 is 16.0 Å². The van der Waals surface area contributed by atoms with Gasteiger partial charge in [-0.15, -0.1) is 0 Å². The van der Waals surface area contributed by atoms with E-state index in [4.69, 9.17) is 10.5 Å². The first kappa shape index (κ1) is 15.3. The molecule has 112 valence electrons. The van der Waals surface area contributed by atoms with Crippen molar-refractivity contribution in [2.45, 2.75) is 17.9 Å². The fourth-order valence-electron chi connectivity index (χ4n) is 2.01. The van der Waals surface area contributed by atoms with Gasteiger partial charge in [0.15, 0.2) is 0 Å². The van der Waals surface area contributed by atoms with E-state index in [1.165, 1.54) is 10.6 Å². The monoisotopic (exact) mass is 306 g/mol. The Hall–Kier alpha value is -2.08. The molecule has 1 aromatic heterocycles. The highest BCUT2D eigenvalue weighted by Crippen LogP contribution is 2.21. The van der Waals surface area contributed by atoms with Gasteiger partial charge in [-0.05, 0) is 24.6 Å². The van der Waals surface area contributed by atoms with Crippen LogP contribution in [0.1, 0.15) is 6.42 Å². The summed E-state index contributed by atoms with van der Waals surface area (Å²) in [5.41, 5.74) is 6.09. The topological polar surface area (TPSA) is 74.3 Å². The molecule has 1 atom stereocenters. The fraction of sp³-hybridized carbons (Fsp3) is 0.267. The number of benzene rings is 1. The number of anilines is 1. The molecule has 6 heteroatoms. The Morgan fingerprint density at radius 1 is 1.24 bits per heavy atom. The van der Waals surface area contributed by atoms with E-state index in [1.54, 1.807) is 31.5 Å². The van der Waals surface area contributed by atoms with Crippen LogP contribution in [0.2, 0.25) is 0 Å². The molecular formula is C15H18N2O3S. The van der Waals surface area contributed by atoms with Crippen molar-refractivity contribution in [3.8, 4) is 5.75 Å². The molecule has 0 radical (unpaired) electrons. The fourth-order valence-corrected chi connectivity index (χ4v) is 3.22. The van der Waals surface area contributed by atoms with Crippen LogP contribution in [0.15, 0.2) is 52.3 Å². The maximum absolute atomic E-state index is 12.3. The molecule has 0 aliphatic carbocycles. The van der Waals surface area contributed by atoms with Crippen molar-refractivity contribution in [3.05, 3.63) is 52.9 Å². The van der Waals surface area contributed by atoms with Crippen LogP contribution in [-0.4, -0.2) is 21.6 Å². The van der Waals surface area contributed by atoms with Gasteiger partial charge in [-0.3, -0.25) is 9.00 Å². The number of methoxy groups -OCH3 is 1. The normalized spacial score (nSPS) is 12.0. The van der Waals surface area contributed by atoms with Crippen LogP contribution in [0.25, 0.3) is 0 Å². The molecule has 1 aromatic carbocycles. The molecule has 1 unspecified atom stereocenters. The Morgan fingerprint density at radius 2 is 2.00 bits per heavy atom. The number of hydrogen-bond acceptors (Lipinski definition) is 4. The minimum absolute atomic E-state index is 0.104. The SMILES string of the molecule is COc1ccccc1S(=O)CCCn1cc(N)ccc1=O. The molecule has 0 saturated heterocycles. The average Bonchev–Trinajstić information content (AvgIpc) is 2.50. The smallest absolute Gasteiger partial charge is 0.250 e. The second-order valence-electron chi connectivity index (χ2n) is 4.55. The standard InChI is InChI=1S/C15H18N2O3S/c1-20-13-5-2-3-6-14(13)21(19)10-4-9-17-11-12(16)7-8-15(17)18/h2-3,5-8,11H,4,9-10,16H2,1H3. The molecule has 0 bridgehead atoms. The summed E-state index contributed by atoms with van der Waals surface area (Å²) in [6, 6.07) is 10.3. The molecule has 0 aliphatic rings. The lowest BCUT2D eigenvalue weighted by Crippen LogP contribution is -2.19. The highest BCUT2D eigenvalue weighted by molar-refractivity contribution is 7.85. The maximum Gasteiger partial charge on any atom is 0.250 e. The third-order valence-electron chi connectivity index (χ3n) is 3.05. The highest BCUT2D eigenvalue weighted by atomic mass is 32.2. The van der Waals surface area contributed by atoms with Crippen LogP contribution in [0.5, 0.6) is 5.75 Å². The van der Waals surface area contributed by atoms with E-state index in [0.717, 1.165) is 0 Å². The summed E-state index contributed by atoms with van der Waals surface area (Å²) < 4.78 is 19.0. The van der Waals surface area contributed by atoms with Gasteiger partial charge < -0.3 is 15.0 Å². The van der Waals surface area contributed by atoms with Crippen molar-refractivity contribution in [1.29, 1.82) is 0 Å². The molecule has 2 rings (SSSR count). The molecule has 1 heterocycles. The van der Waals surface area contributed by atoms with Gasteiger partial charge in [0.2, 0.25) is 0 Å². The van der Waals surface area contributed by atoms with E-state index < -0.39 is 10.8 Å². The van der Waals surface area contributed by atoms with Crippen LogP contribution in [0.4, 0.5) is 5.69 Å². The molecular weight excluding hydrogens is 288 g/mol. The average molecular weight is 306 g/mol. The molecule has 5 nitrogen and oxygen atoms in total. The number of ether oxygens (including phenoxy) is 1. The summed E-state index contributed by atoms with van der Waals surface area (Å²) in [6.07, 6.45) is 2.22. The quantitative estimate of drug-likeness (QED) is 0.880. The Bertz CT molecular complexity index is 697. The van der Waals surface area contributed by atoms with Gasteiger partial charge in [0, 0.05) is 30.2 Å². The molecule has 0 fully saturated rings. The zero-order valence-electron chi connectivity index (χ0n) is 11.8. The number of hydrogen-bond donors (Lipinski definition) is 1. The van der Waals surface area contributed by atoms with E-state index in [-0.39, 0.29) is 5.56 Å². The Labute approximate surface area is 125 Å². The van der Waals surface area contributed by atoms with E-state index in [0.29, 0.717) is 35.1 Å². The second kappa shape index (κ2) is 7.08. The number of pyridine rings is 1. The first-order valence-corrected chi connectivity index (χ1v) is 7.91. The van der Waals surface area contributed by atoms with Crippen LogP contribution >= 0.6 is 0 Å². The molecule has 2 N–H and O–H groups in total. The number of para-hydroxylation sites is 1. The molecule has 2 aromatic rings. The summed E-state index contributed by atoms with van der Waals surface area (Å²) in [4.78, 5) is 12.3. The Kier molecular flexibility index (Phi) is 5.16. The molecule has 0 spiro atoms. The number of aryl methyl sites for hydroxylation is 1. The minimum atomic E-state index is -1.15. The predicted octanol–water partition coefficient (Wildman–Crippen LogP) is 1.64. The number of nitrogens with zero attached hydrogens (tertiary/aromatic N) is 1. The van der Waals surface area contributed by atoms with Crippen LogP contribution in [0.3, 0.4) is 0 Å². The molecule has 0 amide bonds. The Morgan fingerprint density at radius 3 is 2.76 bits per heavy atom. The van der Waals surface area contributed by atoms with Gasteiger partial charge in [-0.2, -0.15) is 0 Å². The van der Waals surface area contributed by atoms with Crippen molar-refractivity contribution < 1.29 is 8.95 Å². The van der Waals surface area contributed by atoms with E-state index in [1.807, 2.05) is 12.1 Å². The lowest BCUT2D eigenvalue weighted by molar-refractivity contribution is 0.404. The first-order chi connectivity index (χ1) is 10.1. The van der Waals surface area contributed by atoms with Crippen molar-refractivity contribution in [2.24, 2.45) is 0 Å². The van der Waals surface area contributed by atoms with Gasteiger partial charge in [-0.1, -0.05) is 12.1 Å². The number of aromatic nitrogens is 1. The number of nitrogens with two attached hydrogens (primary N) is 1. The summed E-state index contributed by atoms with van der Waals surface area (Å²) in [5, 5.41) is 0. The first-order valence-electron chi connectivity index (χ1n) is 6.59. The zero-order valence-corrected chi connectivity index (χ0v) is 12.6. The largest absolute Gasteiger partial charge is 0.495 e. The van der Waals surface area contributed by atoms with Gasteiger partial charge in [0.25, 0.3) is 5.56 Å².